The minimum Gasteiger partial charge on any atom is -0.480 e. The van der Waals surface area contributed by atoms with Crippen molar-refractivity contribution in [3.63, 3.8) is 0 Å². The number of furan rings is 1. The third kappa shape index (κ3) is 3.17. The Morgan fingerprint density at radius 1 is 1.40 bits per heavy atom. The first-order chi connectivity index (χ1) is 9.59. The molecule has 0 bridgehead atoms. The van der Waals surface area contributed by atoms with Gasteiger partial charge >= 0.3 is 5.97 Å². The number of piperidine rings is 1. The summed E-state index contributed by atoms with van der Waals surface area (Å²) in [4.78, 5) is 36.2. The number of carboxylic acids is 1. The van der Waals surface area contributed by atoms with Gasteiger partial charge in [0.05, 0.1) is 6.26 Å². The zero-order valence-electron chi connectivity index (χ0n) is 10.9. The molecule has 1 aliphatic rings. The van der Waals surface area contributed by atoms with Gasteiger partial charge in [-0.3, -0.25) is 14.4 Å². The molecule has 7 nitrogen and oxygen atoms in total. The number of carboxylic acid groups (broad SMARTS) is 1. The Kier molecular flexibility index (Phi) is 4.39. The summed E-state index contributed by atoms with van der Waals surface area (Å²) in [5.41, 5.74) is 0. The van der Waals surface area contributed by atoms with Crippen LogP contribution in [0.5, 0.6) is 0 Å². The minimum absolute atomic E-state index is 0.183. The predicted molar refractivity (Wildman–Crippen MR) is 68.0 cm³/mol. The van der Waals surface area contributed by atoms with Gasteiger partial charge in [-0.25, -0.2) is 0 Å². The maximum Gasteiger partial charge on any atom is 0.322 e. The van der Waals surface area contributed by atoms with Gasteiger partial charge < -0.3 is 19.7 Å². The van der Waals surface area contributed by atoms with Crippen molar-refractivity contribution in [2.45, 2.75) is 25.3 Å². The lowest BCUT2D eigenvalue weighted by Crippen LogP contribution is -2.52. The van der Waals surface area contributed by atoms with E-state index in [1.54, 1.807) is 12.1 Å². The van der Waals surface area contributed by atoms with Crippen molar-refractivity contribution in [1.82, 2.24) is 10.2 Å². The Labute approximate surface area is 115 Å². The Balaban J connectivity index is 2.07. The number of aliphatic carboxylic acids is 1. The van der Waals surface area contributed by atoms with E-state index in [-0.39, 0.29) is 11.7 Å². The maximum absolute atomic E-state index is 12.2. The summed E-state index contributed by atoms with van der Waals surface area (Å²) < 4.78 is 5.06. The third-order valence-electron chi connectivity index (χ3n) is 3.21. The van der Waals surface area contributed by atoms with Crippen molar-refractivity contribution in [2.75, 3.05) is 13.1 Å². The van der Waals surface area contributed by atoms with Gasteiger partial charge in [-0.05, 0) is 31.4 Å². The SMILES string of the molecule is O=C(O)CNC(=O)C1CCCCN1C(=O)c1ccco1. The van der Waals surface area contributed by atoms with Gasteiger partial charge in [0.2, 0.25) is 5.91 Å². The number of likely N-dealkylation sites (tertiary alicyclic amines) is 1. The highest BCUT2D eigenvalue weighted by molar-refractivity contribution is 5.96. The Morgan fingerprint density at radius 2 is 2.20 bits per heavy atom. The number of amides is 2. The molecule has 0 radical (unpaired) electrons. The summed E-state index contributed by atoms with van der Waals surface area (Å²) in [6.07, 6.45) is 3.57. The smallest absolute Gasteiger partial charge is 0.322 e. The van der Waals surface area contributed by atoms with Crippen LogP contribution in [0.3, 0.4) is 0 Å². The van der Waals surface area contributed by atoms with Crippen molar-refractivity contribution in [3.8, 4) is 0 Å². The molecule has 0 aliphatic carbocycles. The van der Waals surface area contributed by atoms with Gasteiger partial charge in [0.25, 0.3) is 5.91 Å². The number of rotatable bonds is 4. The van der Waals surface area contributed by atoms with E-state index < -0.39 is 24.5 Å². The highest BCUT2D eigenvalue weighted by atomic mass is 16.4. The number of nitrogens with one attached hydrogen (secondary N) is 1. The second-order valence-electron chi connectivity index (χ2n) is 4.60. The topological polar surface area (TPSA) is 99.9 Å². The molecule has 0 spiro atoms. The number of nitrogens with zero attached hydrogens (tertiary/aromatic N) is 1. The lowest BCUT2D eigenvalue weighted by Gasteiger charge is -2.33. The Morgan fingerprint density at radius 3 is 2.85 bits per heavy atom. The molecular formula is C13H16N2O5. The van der Waals surface area contributed by atoms with Crippen LogP contribution < -0.4 is 5.32 Å². The molecule has 0 aromatic carbocycles. The van der Waals surface area contributed by atoms with E-state index >= 15 is 0 Å². The summed E-state index contributed by atoms with van der Waals surface area (Å²) >= 11 is 0. The molecule has 1 saturated heterocycles. The zero-order valence-corrected chi connectivity index (χ0v) is 10.9. The number of carbonyl (C=O) groups excluding carboxylic acids is 2. The van der Waals surface area contributed by atoms with Crippen LogP contribution in [0.1, 0.15) is 29.8 Å². The highest BCUT2D eigenvalue weighted by Crippen LogP contribution is 2.20. The van der Waals surface area contributed by atoms with Gasteiger partial charge in [-0.2, -0.15) is 0 Å². The third-order valence-corrected chi connectivity index (χ3v) is 3.21. The maximum atomic E-state index is 12.2. The summed E-state index contributed by atoms with van der Waals surface area (Å²) in [5.74, 6) is -1.71. The first-order valence-electron chi connectivity index (χ1n) is 6.43. The van der Waals surface area contributed by atoms with Crippen LogP contribution >= 0.6 is 0 Å². The fraction of sp³-hybridized carbons (Fsp3) is 0.462. The highest BCUT2D eigenvalue weighted by Gasteiger charge is 2.33. The van der Waals surface area contributed by atoms with Crippen LogP contribution in [-0.4, -0.2) is 46.9 Å². The van der Waals surface area contributed by atoms with E-state index in [2.05, 4.69) is 5.32 Å². The van der Waals surface area contributed by atoms with Gasteiger partial charge in [-0.1, -0.05) is 0 Å². The van der Waals surface area contributed by atoms with E-state index in [1.807, 2.05) is 0 Å². The monoisotopic (exact) mass is 280 g/mol. The quantitative estimate of drug-likeness (QED) is 0.835. The van der Waals surface area contributed by atoms with Crippen molar-refractivity contribution in [3.05, 3.63) is 24.2 Å². The van der Waals surface area contributed by atoms with Crippen LogP contribution in [0.25, 0.3) is 0 Å². The first kappa shape index (κ1) is 14.1. The Hall–Kier alpha value is -2.31. The predicted octanol–water partition coefficient (Wildman–Crippen LogP) is 0.475. The summed E-state index contributed by atoms with van der Waals surface area (Å²) in [5, 5.41) is 10.9. The van der Waals surface area contributed by atoms with Gasteiger partial charge in [0.1, 0.15) is 12.6 Å². The van der Waals surface area contributed by atoms with Crippen LogP contribution in [0.2, 0.25) is 0 Å². The van der Waals surface area contributed by atoms with Crippen LogP contribution in [0.15, 0.2) is 22.8 Å². The van der Waals surface area contributed by atoms with E-state index in [1.165, 1.54) is 11.2 Å². The molecule has 7 heteroatoms. The van der Waals surface area contributed by atoms with Gasteiger partial charge in [0, 0.05) is 6.54 Å². The molecule has 2 N–H and O–H groups in total. The molecule has 1 aromatic rings. The molecule has 2 heterocycles. The van der Waals surface area contributed by atoms with Crippen LogP contribution in [0.4, 0.5) is 0 Å². The largest absolute Gasteiger partial charge is 0.480 e. The number of hydrogen-bond acceptors (Lipinski definition) is 4. The van der Waals surface area contributed by atoms with E-state index in [0.717, 1.165) is 12.8 Å². The zero-order chi connectivity index (χ0) is 14.5. The lowest BCUT2D eigenvalue weighted by molar-refractivity contribution is -0.138. The summed E-state index contributed by atoms with van der Waals surface area (Å²) in [6.45, 7) is 0.0167. The van der Waals surface area contributed by atoms with Crippen molar-refractivity contribution in [1.29, 1.82) is 0 Å². The fourth-order valence-corrected chi connectivity index (χ4v) is 2.27. The molecule has 1 fully saturated rings. The first-order valence-corrected chi connectivity index (χ1v) is 6.43. The second kappa shape index (κ2) is 6.23. The van der Waals surface area contributed by atoms with Gasteiger partial charge in [0.15, 0.2) is 5.76 Å². The lowest BCUT2D eigenvalue weighted by atomic mass is 10.0. The molecule has 1 aliphatic heterocycles. The average molecular weight is 280 g/mol. The second-order valence-corrected chi connectivity index (χ2v) is 4.60. The van der Waals surface area contributed by atoms with Crippen LogP contribution in [-0.2, 0) is 9.59 Å². The molecule has 1 unspecified atom stereocenters. The van der Waals surface area contributed by atoms with Gasteiger partial charge in [-0.15, -0.1) is 0 Å². The molecule has 1 atom stereocenters. The summed E-state index contributed by atoms with van der Waals surface area (Å²) in [6, 6.07) is 2.51. The van der Waals surface area contributed by atoms with Crippen LogP contribution in [0, 0.1) is 0 Å². The number of carbonyl (C=O) groups is 3. The molecule has 1 aromatic heterocycles. The molecule has 2 amide bonds. The molecule has 20 heavy (non-hydrogen) atoms. The minimum atomic E-state index is -1.11. The summed E-state index contributed by atoms with van der Waals surface area (Å²) in [7, 11) is 0. The van der Waals surface area contributed by atoms with Crippen molar-refractivity contribution < 1.29 is 23.9 Å². The molecular weight excluding hydrogens is 264 g/mol. The molecule has 2 rings (SSSR count). The standard InChI is InChI=1S/C13H16N2O5/c16-11(17)8-14-12(18)9-4-1-2-6-15(9)13(19)10-5-3-7-20-10/h3,5,7,9H,1-2,4,6,8H2,(H,14,18)(H,16,17). The Bertz CT molecular complexity index is 497. The van der Waals surface area contributed by atoms with E-state index in [4.69, 9.17) is 9.52 Å². The fourth-order valence-electron chi connectivity index (χ4n) is 2.27. The van der Waals surface area contributed by atoms with E-state index in [0.29, 0.717) is 13.0 Å². The van der Waals surface area contributed by atoms with Crippen molar-refractivity contribution >= 4 is 17.8 Å². The normalized spacial score (nSPS) is 18.6. The average Bonchev–Trinajstić information content (AvgIpc) is 2.98. The molecule has 108 valence electrons. The molecule has 0 saturated carbocycles. The number of hydrogen-bond donors (Lipinski definition) is 2. The van der Waals surface area contributed by atoms with E-state index in [9.17, 15) is 14.4 Å². The van der Waals surface area contributed by atoms with Crippen molar-refractivity contribution in [2.24, 2.45) is 0 Å².